The van der Waals surface area contributed by atoms with Gasteiger partial charge in [0.05, 0.1) is 5.71 Å². The number of hydrogen-bond acceptors (Lipinski definition) is 3. The molecule has 0 saturated heterocycles. The van der Waals surface area contributed by atoms with E-state index in [0.717, 1.165) is 5.56 Å². The number of halogens is 3. The Bertz CT molecular complexity index is 844. The van der Waals surface area contributed by atoms with Crippen molar-refractivity contribution in [3.63, 3.8) is 0 Å². The van der Waals surface area contributed by atoms with Crippen LogP contribution >= 0.6 is 0 Å². The SMILES string of the molecule is C/C(=N/NC(=O)c1ccccc1C)c1ccc(NC(=O)C(F)(F)F)cc1. The summed E-state index contributed by atoms with van der Waals surface area (Å²) in [5.41, 5.74) is 4.79. The molecule has 0 saturated carbocycles. The molecule has 0 fully saturated rings. The molecule has 0 aliphatic carbocycles. The minimum Gasteiger partial charge on any atom is -0.318 e. The maximum atomic E-state index is 12.2. The van der Waals surface area contributed by atoms with E-state index < -0.39 is 12.1 Å². The van der Waals surface area contributed by atoms with Crippen molar-refractivity contribution in [3.05, 3.63) is 65.2 Å². The van der Waals surface area contributed by atoms with E-state index in [1.54, 1.807) is 37.4 Å². The summed E-state index contributed by atoms with van der Waals surface area (Å²) < 4.78 is 36.6. The lowest BCUT2D eigenvalue weighted by Gasteiger charge is -2.09. The Hall–Kier alpha value is -3.16. The molecule has 0 spiro atoms. The summed E-state index contributed by atoms with van der Waals surface area (Å²) in [6.07, 6.45) is -4.95. The topological polar surface area (TPSA) is 70.6 Å². The van der Waals surface area contributed by atoms with Gasteiger partial charge in [-0.25, -0.2) is 5.43 Å². The number of nitrogens with zero attached hydrogens (tertiary/aromatic N) is 1. The largest absolute Gasteiger partial charge is 0.471 e. The van der Waals surface area contributed by atoms with E-state index in [1.165, 1.54) is 24.3 Å². The Labute approximate surface area is 147 Å². The number of benzene rings is 2. The lowest BCUT2D eigenvalue weighted by molar-refractivity contribution is -0.167. The monoisotopic (exact) mass is 363 g/mol. The third-order valence-corrected chi connectivity index (χ3v) is 3.53. The van der Waals surface area contributed by atoms with E-state index in [2.05, 4.69) is 10.5 Å². The summed E-state index contributed by atoms with van der Waals surface area (Å²) in [5.74, 6) is -2.40. The Balaban J connectivity index is 2.04. The molecule has 0 aliphatic heterocycles. The van der Waals surface area contributed by atoms with Crippen LogP contribution in [0.1, 0.15) is 28.4 Å². The number of hydrogen-bond donors (Lipinski definition) is 2. The molecule has 5 nitrogen and oxygen atoms in total. The minimum atomic E-state index is -4.95. The van der Waals surface area contributed by atoms with Gasteiger partial charge in [0.2, 0.25) is 0 Å². The van der Waals surface area contributed by atoms with E-state index in [9.17, 15) is 22.8 Å². The highest BCUT2D eigenvalue weighted by molar-refractivity contribution is 6.02. The van der Waals surface area contributed by atoms with Gasteiger partial charge < -0.3 is 5.32 Å². The smallest absolute Gasteiger partial charge is 0.318 e. The van der Waals surface area contributed by atoms with Crippen molar-refractivity contribution in [2.24, 2.45) is 5.10 Å². The van der Waals surface area contributed by atoms with Crippen molar-refractivity contribution in [2.75, 3.05) is 5.32 Å². The van der Waals surface area contributed by atoms with E-state index in [-0.39, 0.29) is 11.6 Å². The van der Waals surface area contributed by atoms with Gasteiger partial charge in [0, 0.05) is 11.3 Å². The Morgan fingerprint density at radius 1 is 1.00 bits per heavy atom. The van der Waals surface area contributed by atoms with Crippen LogP contribution in [-0.2, 0) is 4.79 Å². The zero-order valence-electron chi connectivity index (χ0n) is 14.0. The molecule has 0 aliphatic rings. The van der Waals surface area contributed by atoms with Crippen LogP contribution in [0.15, 0.2) is 53.6 Å². The highest BCUT2D eigenvalue weighted by atomic mass is 19.4. The predicted octanol–water partition coefficient (Wildman–Crippen LogP) is 3.65. The zero-order chi connectivity index (χ0) is 19.3. The van der Waals surface area contributed by atoms with Crippen LogP contribution in [0.25, 0.3) is 0 Å². The van der Waals surface area contributed by atoms with Gasteiger partial charge >= 0.3 is 12.1 Å². The Morgan fingerprint density at radius 3 is 2.19 bits per heavy atom. The third kappa shape index (κ3) is 4.92. The van der Waals surface area contributed by atoms with Crippen LogP contribution in [-0.4, -0.2) is 23.7 Å². The van der Waals surface area contributed by atoms with E-state index in [4.69, 9.17) is 0 Å². The molecule has 2 aromatic carbocycles. The molecule has 0 aromatic heterocycles. The molecule has 2 rings (SSSR count). The lowest BCUT2D eigenvalue weighted by Crippen LogP contribution is -2.29. The van der Waals surface area contributed by atoms with Crippen LogP contribution in [0, 0.1) is 6.92 Å². The maximum absolute atomic E-state index is 12.2. The van der Waals surface area contributed by atoms with Crippen molar-refractivity contribution in [1.82, 2.24) is 5.43 Å². The summed E-state index contributed by atoms with van der Waals surface area (Å²) >= 11 is 0. The van der Waals surface area contributed by atoms with Gasteiger partial charge in [0.15, 0.2) is 0 Å². The van der Waals surface area contributed by atoms with Gasteiger partial charge in [-0.15, -0.1) is 0 Å². The molecule has 2 aromatic rings. The molecule has 2 amide bonds. The number of carbonyl (C=O) groups excluding carboxylic acids is 2. The van der Waals surface area contributed by atoms with Crippen molar-refractivity contribution in [2.45, 2.75) is 20.0 Å². The zero-order valence-corrected chi connectivity index (χ0v) is 14.0. The van der Waals surface area contributed by atoms with Crippen molar-refractivity contribution >= 4 is 23.2 Å². The number of nitrogens with one attached hydrogen (secondary N) is 2. The normalized spacial score (nSPS) is 11.8. The van der Waals surface area contributed by atoms with Gasteiger partial charge in [-0.1, -0.05) is 30.3 Å². The van der Waals surface area contributed by atoms with Crippen molar-refractivity contribution < 1.29 is 22.8 Å². The fourth-order valence-electron chi connectivity index (χ4n) is 2.08. The summed E-state index contributed by atoms with van der Waals surface area (Å²) in [6, 6.07) is 12.7. The summed E-state index contributed by atoms with van der Waals surface area (Å²) in [4.78, 5) is 23.0. The second kappa shape index (κ2) is 7.81. The van der Waals surface area contributed by atoms with Gasteiger partial charge in [0.25, 0.3) is 5.91 Å². The van der Waals surface area contributed by atoms with E-state index >= 15 is 0 Å². The van der Waals surface area contributed by atoms with Crippen LogP contribution in [0.2, 0.25) is 0 Å². The summed E-state index contributed by atoms with van der Waals surface area (Å²) in [6.45, 7) is 3.45. The van der Waals surface area contributed by atoms with Crippen LogP contribution in [0.5, 0.6) is 0 Å². The molecule has 26 heavy (non-hydrogen) atoms. The molecule has 0 bridgehead atoms. The van der Waals surface area contributed by atoms with E-state index in [1.807, 2.05) is 6.07 Å². The highest BCUT2D eigenvalue weighted by Crippen LogP contribution is 2.18. The quantitative estimate of drug-likeness (QED) is 0.643. The fraction of sp³-hybridized carbons (Fsp3) is 0.167. The molecular formula is C18H16F3N3O2. The minimum absolute atomic E-state index is 0.00724. The number of rotatable bonds is 4. The lowest BCUT2D eigenvalue weighted by atomic mass is 10.1. The average molecular weight is 363 g/mol. The fourth-order valence-corrected chi connectivity index (χ4v) is 2.08. The number of aryl methyl sites for hydroxylation is 1. The molecule has 2 N–H and O–H groups in total. The molecule has 0 heterocycles. The number of alkyl halides is 3. The Morgan fingerprint density at radius 2 is 1.62 bits per heavy atom. The van der Waals surface area contributed by atoms with Crippen LogP contribution in [0.3, 0.4) is 0 Å². The highest BCUT2D eigenvalue weighted by Gasteiger charge is 2.38. The molecule has 136 valence electrons. The summed E-state index contributed by atoms with van der Waals surface area (Å²) in [7, 11) is 0. The standard InChI is InChI=1S/C18H16F3N3O2/c1-11-5-3-4-6-15(11)16(25)24-23-12(2)13-7-9-14(10-8-13)22-17(26)18(19,20)21/h3-10H,1-2H3,(H,22,26)(H,24,25)/b23-12-. The predicted molar refractivity (Wildman–Crippen MR) is 92.0 cm³/mol. The number of carbonyl (C=O) groups is 2. The first-order chi connectivity index (χ1) is 12.2. The van der Waals surface area contributed by atoms with Gasteiger partial charge in [0.1, 0.15) is 0 Å². The first-order valence-electron chi connectivity index (χ1n) is 7.57. The average Bonchev–Trinajstić information content (AvgIpc) is 2.59. The Kier molecular flexibility index (Phi) is 5.76. The van der Waals surface area contributed by atoms with Crippen LogP contribution < -0.4 is 10.7 Å². The molecular weight excluding hydrogens is 347 g/mol. The number of anilines is 1. The van der Waals surface area contributed by atoms with E-state index in [0.29, 0.717) is 16.8 Å². The number of amides is 2. The molecule has 0 radical (unpaired) electrons. The summed E-state index contributed by atoms with van der Waals surface area (Å²) in [5, 5.41) is 5.74. The molecule has 0 atom stereocenters. The third-order valence-electron chi connectivity index (χ3n) is 3.53. The first-order valence-corrected chi connectivity index (χ1v) is 7.57. The second-order valence-corrected chi connectivity index (χ2v) is 5.48. The van der Waals surface area contributed by atoms with Gasteiger partial charge in [-0.05, 0) is 43.2 Å². The van der Waals surface area contributed by atoms with Crippen LogP contribution in [0.4, 0.5) is 18.9 Å². The van der Waals surface area contributed by atoms with Crippen molar-refractivity contribution in [1.29, 1.82) is 0 Å². The molecule has 0 unspecified atom stereocenters. The first kappa shape index (κ1) is 19.2. The second-order valence-electron chi connectivity index (χ2n) is 5.48. The van der Waals surface area contributed by atoms with Crippen molar-refractivity contribution in [3.8, 4) is 0 Å². The molecule has 8 heteroatoms. The number of hydrazone groups is 1. The van der Waals surface area contributed by atoms with Gasteiger partial charge in [-0.2, -0.15) is 18.3 Å². The maximum Gasteiger partial charge on any atom is 0.471 e. The van der Waals surface area contributed by atoms with Gasteiger partial charge in [-0.3, -0.25) is 9.59 Å².